The summed E-state index contributed by atoms with van der Waals surface area (Å²) < 4.78 is 24.2. The molecule has 0 unspecified atom stereocenters. The van der Waals surface area contributed by atoms with Crippen molar-refractivity contribution in [1.82, 2.24) is 10.6 Å². The highest BCUT2D eigenvalue weighted by molar-refractivity contribution is 6.30. The number of rotatable bonds is 6. The van der Waals surface area contributed by atoms with E-state index in [0.29, 0.717) is 49.0 Å². The predicted octanol–water partition coefficient (Wildman–Crippen LogP) is 3.19. The van der Waals surface area contributed by atoms with Gasteiger partial charge in [0, 0.05) is 30.0 Å². The molecule has 3 fully saturated rings. The van der Waals surface area contributed by atoms with Crippen LogP contribution in [0, 0.1) is 5.82 Å². The summed E-state index contributed by atoms with van der Waals surface area (Å²) in [7, 11) is 0. The zero-order chi connectivity index (χ0) is 21.8. The number of benzene rings is 1. The van der Waals surface area contributed by atoms with Gasteiger partial charge in [-0.3, -0.25) is 14.4 Å². The van der Waals surface area contributed by atoms with E-state index in [-0.39, 0.29) is 46.1 Å². The van der Waals surface area contributed by atoms with Gasteiger partial charge in [-0.1, -0.05) is 11.6 Å². The average molecular weight is 447 g/mol. The van der Waals surface area contributed by atoms with Crippen molar-refractivity contribution in [2.24, 2.45) is 0 Å². The molecule has 2 N–H and O–H groups in total. The molecule has 2 aromatic rings. The third-order valence-electron chi connectivity index (χ3n) is 6.27. The molecule has 7 nitrogen and oxygen atoms in total. The van der Waals surface area contributed by atoms with E-state index >= 15 is 0 Å². The summed E-state index contributed by atoms with van der Waals surface area (Å²) in [6.07, 6.45) is 5.03. The Morgan fingerprint density at radius 3 is 2.65 bits per heavy atom. The lowest BCUT2D eigenvalue weighted by Gasteiger charge is -2.70. The minimum Gasteiger partial charge on any atom is -0.484 e. The van der Waals surface area contributed by atoms with E-state index in [0.717, 1.165) is 12.5 Å². The first-order chi connectivity index (χ1) is 14.8. The van der Waals surface area contributed by atoms with E-state index in [9.17, 15) is 18.8 Å². The lowest BCUT2D eigenvalue weighted by Crippen LogP contribution is -2.84. The van der Waals surface area contributed by atoms with Crippen LogP contribution in [-0.4, -0.2) is 35.3 Å². The van der Waals surface area contributed by atoms with Crippen LogP contribution in [0.1, 0.15) is 58.6 Å². The summed E-state index contributed by atoms with van der Waals surface area (Å²) in [5, 5.41) is 5.93. The molecular weight excluding hydrogens is 427 g/mol. The molecule has 1 aromatic heterocycles. The lowest BCUT2D eigenvalue weighted by atomic mass is 9.44. The molecule has 0 saturated heterocycles. The van der Waals surface area contributed by atoms with Crippen LogP contribution in [0.4, 0.5) is 4.39 Å². The lowest BCUT2D eigenvalue weighted by molar-refractivity contribution is -0.141. The number of nitrogens with one attached hydrogen (secondary N) is 2. The summed E-state index contributed by atoms with van der Waals surface area (Å²) in [5.41, 5.74) is -0.0166. The first kappa shape index (κ1) is 20.1. The van der Waals surface area contributed by atoms with Gasteiger partial charge in [-0.15, -0.1) is 0 Å². The number of furan rings is 1. The van der Waals surface area contributed by atoms with Crippen molar-refractivity contribution in [3.05, 3.63) is 52.2 Å². The Labute approximate surface area is 182 Å². The van der Waals surface area contributed by atoms with Gasteiger partial charge in [0.2, 0.25) is 0 Å². The zero-order valence-corrected chi connectivity index (χ0v) is 17.3. The van der Waals surface area contributed by atoms with E-state index < -0.39 is 5.82 Å². The molecule has 0 spiro atoms. The summed E-state index contributed by atoms with van der Waals surface area (Å²) in [5.74, 6) is -0.489. The smallest absolute Gasteiger partial charge is 0.258 e. The molecular formula is C22H20ClFN2O5. The summed E-state index contributed by atoms with van der Waals surface area (Å²) in [4.78, 5) is 37.1. The first-order valence-electron chi connectivity index (χ1n) is 10.1. The van der Waals surface area contributed by atoms with Gasteiger partial charge in [0.25, 0.3) is 11.8 Å². The topological polar surface area (TPSA) is 97.6 Å². The molecule has 2 bridgehead atoms. The fraction of sp³-hybridized carbons (Fsp3) is 0.409. The van der Waals surface area contributed by atoms with Crippen LogP contribution in [0.25, 0.3) is 0 Å². The largest absolute Gasteiger partial charge is 0.484 e. The number of ether oxygens (including phenoxy) is 1. The van der Waals surface area contributed by atoms with Crippen LogP contribution in [0.3, 0.4) is 0 Å². The highest BCUT2D eigenvalue weighted by Crippen LogP contribution is 2.60. The third-order valence-corrected chi connectivity index (χ3v) is 6.58. The number of carbonyl (C=O) groups is 3. The van der Waals surface area contributed by atoms with Crippen LogP contribution in [-0.2, 0) is 11.2 Å². The molecule has 0 aliphatic heterocycles. The fourth-order valence-corrected chi connectivity index (χ4v) is 5.12. The monoisotopic (exact) mass is 446 g/mol. The van der Waals surface area contributed by atoms with Crippen molar-refractivity contribution in [3.63, 3.8) is 0 Å². The van der Waals surface area contributed by atoms with Gasteiger partial charge in [-0.2, -0.15) is 0 Å². The number of Topliss-reactive ketones (excluding diaryl/α,β-unsaturated/α-hetero) is 1. The van der Waals surface area contributed by atoms with Gasteiger partial charge < -0.3 is 19.8 Å². The van der Waals surface area contributed by atoms with Gasteiger partial charge in [-0.25, -0.2) is 4.39 Å². The second kappa shape index (κ2) is 7.09. The number of hydrogen-bond acceptors (Lipinski definition) is 5. The highest BCUT2D eigenvalue weighted by atomic mass is 35.5. The molecule has 0 atom stereocenters. The number of halogens is 2. The van der Waals surface area contributed by atoms with Crippen LogP contribution >= 0.6 is 11.6 Å². The summed E-state index contributed by atoms with van der Waals surface area (Å²) >= 11 is 5.62. The zero-order valence-electron chi connectivity index (χ0n) is 16.6. The van der Waals surface area contributed by atoms with Gasteiger partial charge in [0.05, 0.1) is 16.1 Å². The molecule has 4 aliphatic rings. The van der Waals surface area contributed by atoms with E-state index in [1.807, 2.05) is 0 Å². The van der Waals surface area contributed by atoms with Gasteiger partial charge in [-0.05, 0) is 37.8 Å². The number of fused-ring (bicyclic) bond motifs is 1. The van der Waals surface area contributed by atoms with E-state index in [1.54, 1.807) is 0 Å². The van der Waals surface area contributed by atoms with Crippen molar-refractivity contribution in [2.75, 3.05) is 6.61 Å². The Kier molecular flexibility index (Phi) is 4.58. The molecule has 9 heteroatoms. The third kappa shape index (κ3) is 3.48. The maximum Gasteiger partial charge on any atom is 0.258 e. The van der Waals surface area contributed by atoms with Crippen molar-refractivity contribution in [3.8, 4) is 5.75 Å². The number of carbonyl (C=O) groups excluding carboxylic acids is 3. The maximum absolute atomic E-state index is 13.4. The first-order valence-corrected chi connectivity index (χ1v) is 10.5. The molecule has 3 saturated carbocycles. The standard InChI is InChI=1S/C22H20ClFN2O5/c23-14-5-4-12(6-15(14)24)30-8-18(28)25-21-9-22(10-21,11-21)26-20(29)13-7-31-17-3-1-2-16(27)19(13)17/h4-7H,1-3,8-11H2,(H,25,28)(H,26,29). The Bertz CT molecular complexity index is 1090. The van der Waals surface area contributed by atoms with Crippen LogP contribution < -0.4 is 15.4 Å². The molecule has 6 rings (SSSR count). The van der Waals surface area contributed by atoms with Crippen molar-refractivity contribution >= 4 is 29.2 Å². The molecule has 31 heavy (non-hydrogen) atoms. The Morgan fingerprint density at radius 2 is 1.90 bits per heavy atom. The molecule has 1 heterocycles. The van der Waals surface area contributed by atoms with E-state index in [1.165, 1.54) is 18.4 Å². The quantitative estimate of drug-likeness (QED) is 0.710. The molecule has 1 aromatic carbocycles. The van der Waals surface area contributed by atoms with Crippen LogP contribution in [0.2, 0.25) is 5.02 Å². The summed E-state index contributed by atoms with van der Waals surface area (Å²) in [6, 6.07) is 3.98. The number of ketones is 1. The fourth-order valence-electron chi connectivity index (χ4n) is 5.00. The molecule has 2 amide bonds. The SMILES string of the molecule is O=C(COc1ccc(Cl)c(F)c1)NC12CC(NC(=O)c3coc4c3C(=O)CCC4)(C1)C2. The Balaban J connectivity index is 1.13. The Hall–Kier alpha value is -2.87. The highest BCUT2D eigenvalue weighted by Gasteiger charge is 2.69. The second-order valence-electron chi connectivity index (χ2n) is 8.68. The van der Waals surface area contributed by atoms with Gasteiger partial charge in [0.15, 0.2) is 12.4 Å². The van der Waals surface area contributed by atoms with Crippen LogP contribution in [0.15, 0.2) is 28.9 Å². The molecule has 0 radical (unpaired) electrons. The van der Waals surface area contributed by atoms with Gasteiger partial charge >= 0.3 is 0 Å². The van der Waals surface area contributed by atoms with Crippen molar-refractivity contribution in [2.45, 2.75) is 49.6 Å². The van der Waals surface area contributed by atoms with Crippen molar-refractivity contribution < 1.29 is 27.9 Å². The van der Waals surface area contributed by atoms with E-state index in [4.69, 9.17) is 20.8 Å². The minimum atomic E-state index is -0.614. The number of amides is 2. The average Bonchev–Trinajstić information content (AvgIpc) is 3.12. The number of aryl methyl sites for hydroxylation is 1. The Morgan fingerprint density at radius 1 is 1.16 bits per heavy atom. The van der Waals surface area contributed by atoms with E-state index in [2.05, 4.69) is 10.6 Å². The molecule has 4 aliphatic carbocycles. The predicted molar refractivity (Wildman–Crippen MR) is 108 cm³/mol. The van der Waals surface area contributed by atoms with Crippen molar-refractivity contribution in [1.29, 1.82) is 0 Å². The minimum absolute atomic E-state index is 0.0155. The summed E-state index contributed by atoms with van der Waals surface area (Å²) in [6.45, 7) is -0.245. The normalized spacial score (nSPS) is 25.7. The van der Waals surface area contributed by atoms with Crippen LogP contribution in [0.5, 0.6) is 5.75 Å². The molecule has 162 valence electrons. The van der Waals surface area contributed by atoms with Gasteiger partial charge in [0.1, 0.15) is 23.6 Å². The number of hydrogen-bond donors (Lipinski definition) is 2. The second-order valence-corrected chi connectivity index (χ2v) is 9.09. The maximum atomic E-state index is 13.4.